The van der Waals surface area contributed by atoms with E-state index in [0.29, 0.717) is 26.1 Å². The summed E-state index contributed by atoms with van der Waals surface area (Å²) in [5.74, 6) is 0.351. The Morgan fingerprint density at radius 1 is 1.09 bits per heavy atom. The molecule has 5 rings (SSSR count). The fourth-order valence-electron chi connectivity index (χ4n) is 3.82. The van der Waals surface area contributed by atoms with Gasteiger partial charge in [0.2, 0.25) is 5.91 Å². The summed E-state index contributed by atoms with van der Waals surface area (Å²) >= 11 is 1.54. The lowest BCUT2D eigenvalue weighted by atomic mass is 10.2. The number of rotatable bonds is 10. The maximum Gasteiger partial charge on any atom is 0.249 e. The number of carbonyl (C=O) groups is 1. The van der Waals surface area contributed by atoms with Crippen molar-refractivity contribution in [2.45, 2.75) is 19.6 Å². The molecule has 0 fully saturated rings. The van der Waals surface area contributed by atoms with E-state index in [1.165, 1.54) is 12.1 Å². The molecule has 0 radical (unpaired) electrons. The van der Waals surface area contributed by atoms with Crippen LogP contribution in [-0.2, 0) is 29.1 Å². The van der Waals surface area contributed by atoms with Gasteiger partial charge in [0.25, 0.3) is 0 Å². The van der Waals surface area contributed by atoms with Gasteiger partial charge in [-0.3, -0.25) is 9.20 Å². The molecule has 0 saturated heterocycles. The molecule has 0 N–H and O–H groups in total. The van der Waals surface area contributed by atoms with Crippen LogP contribution < -0.4 is 0 Å². The standard InChI is InChI=1S/C27H24FN3O3S/c28-22-10-8-21(9-11-22)25-16-31-23(19-35-27(31)29-25)12-13-30(15-24-7-4-14-34-24)26(32)18-33-17-20-5-2-1-3-6-20/h1-11,14,16,19H,12-13,15,17-18H2. The summed E-state index contributed by atoms with van der Waals surface area (Å²) in [6.45, 7) is 1.25. The molecule has 0 saturated carbocycles. The van der Waals surface area contributed by atoms with Crippen molar-refractivity contribution in [1.82, 2.24) is 14.3 Å². The van der Waals surface area contributed by atoms with Crippen molar-refractivity contribution in [1.29, 1.82) is 0 Å². The molecule has 0 aliphatic carbocycles. The van der Waals surface area contributed by atoms with Crippen molar-refractivity contribution >= 4 is 22.2 Å². The highest BCUT2D eigenvalue weighted by atomic mass is 32.1. The minimum Gasteiger partial charge on any atom is -0.467 e. The minimum atomic E-state index is -0.274. The quantitative estimate of drug-likeness (QED) is 0.257. The van der Waals surface area contributed by atoms with Gasteiger partial charge in [-0.05, 0) is 42.0 Å². The molecule has 1 amide bonds. The Labute approximate surface area is 206 Å². The van der Waals surface area contributed by atoms with E-state index in [2.05, 4.69) is 10.4 Å². The number of amides is 1. The van der Waals surface area contributed by atoms with E-state index in [9.17, 15) is 9.18 Å². The maximum absolute atomic E-state index is 13.3. The lowest BCUT2D eigenvalue weighted by Crippen LogP contribution is -2.35. The molecule has 2 aromatic carbocycles. The first-order chi connectivity index (χ1) is 17.2. The van der Waals surface area contributed by atoms with E-state index < -0.39 is 0 Å². The number of carbonyl (C=O) groups excluding carboxylic acids is 1. The van der Waals surface area contributed by atoms with Crippen LogP contribution in [0.2, 0.25) is 0 Å². The predicted octanol–water partition coefficient (Wildman–Crippen LogP) is 5.58. The van der Waals surface area contributed by atoms with Gasteiger partial charge >= 0.3 is 0 Å². The van der Waals surface area contributed by atoms with Crippen molar-refractivity contribution in [3.63, 3.8) is 0 Å². The lowest BCUT2D eigenvalue weighted by Gasteiger charge is -2.21. The number of furan rings is 1. The van der Waals surface area contributed by atoms with Gasteiger partial charge in [0.05, 0.1) is 25.1 Å². The molecule has 0 spiro atoms. The molecule has 35 heavy (non-hydrogen) atoms. The first-order valence-electron chi connectivity index (χ1n) is 11.3. The second-order valence-corrected chi connectivity index (χ2v) is 8.97. The number of fused-ring (bicyclic) bond motifs is 1. The molecule has 0 aliphatic heterocycles. The Balaban J connectivity index is 1.26. The fourth-order valence-corrected chi connectivity index (χ4v) is 4.73. The number of thiazole rings is 1. The molecular formula is C27H24FN3O3S. The number of nitrogens with zero attached hydrogens (tertiary/aromatic N) is 3. The van der Waals surface area contributed by atoms with E-state index in [1.54, 1.807) is 34.6 Å². The van der Waals surface area contributed by atoms with Gasteiger partial charge in [0.1, 0.15) is 18.2 Å². The smallest absolute Gasteiger partial charge is 0.249 e. The van der Waals surface area contributed by atoms with Crippen molar-refractivity contribution in [2.75, 3.05) is 13.2 Å². The zero-order valence-corrected chi connectivity index (χ0v) is 19.8. The number of halogens is 1. The zero-order chi connectivity index (χ0) is 24.0. The monoisotopic (exact) mass is 489 g/mol. The molecule has 5 aromatic rings. The van der Waals surface area contributed by atoms with E-state index >= 15 is 0 Å². The van der Waals surface area contributed by atoms with Crippen LogP contribution >= 0.6 is 11.3 Å². The SMILES string of the molecule is O=C(COCc1ccccc1)N(CCc1csc2nc(-c3ccc(F)cc3)cn12)Cc1ccco1. The average Bonchev–Trinajstić information content (AvgIpc) is 3.61. The molecule has 0 aliphatic rings. The Morgan fingerprint density at radius 2 is 1.91 bits per heavy atom. The van der Waals surface area contributed by atoms with Crippen molar-refractivity contribution in [3.8, 4) is 11.3 Å². The largest absolute Gasteiger partial charge is 0.467 e. The highest BCUT2D eigenvalue weighted by molar-refractivity contribution is 7.15. The van der Waals surface area contributed by atoms with Crippen molar-refractivity contribution in [3.05, 3.63) is 107 Å². The van der Waals surface area contributed by atoms with Crippen LogP contribution in [0.25, 0.3) is 16.2 Å². The maximum atomic E-state index is 13.3. The molecular weight excluding hydrogens is 465 g/mol. The lowest BCUT2D eigenvalue weighted by molar-refractivity contribution is -0.137. The Kier molecular flexibility index (Phi) is 7.02. The summed E-state index contributed by atoms with van der Waals surface area (Å²) in [7, 11) is 0. The fraction of sp³-hybridized carbons (Fsp3) is 0.185. The van der Waals surface area contributed by atoms with Crippen LogP contribution in [0.15, 0.2) is 89.0 Å². The minimum absolute atomic E-state index is 0.00552. The number of hydrogen-bond donors (Lipinski definition) is 0. The van der Waals surface area contributed by atoms with Crippen LogP contribution in [0.4, 0.5) is 4.39 Å². The van der Waals surface area contributed by atoms with Gasteiger partial charge in [-0.25, -0.2) is 9.37 Å². The first-order valence-corrected chi connectivity index (χ1v) is 12.2. The van der Waals surface area contributed by atoms with Crippen LogP contribution in [0.3, 0.4) is 0 Å². The Hall–Kier alpha value is -3.75. The van der Waals surface area contributed by atoms with Crippen LogP contribution in [0.5, 0.6) is 0 Å². The normalized spacial score (nSPS) is 11.2. The molecule has 3 heterocycles. The summed E-state index contributed by atoms with van der Waals surface area (Å²) in [5.41, 5.74) is 3.72. The van der Waals surface area contributed by atoms with E-state index in [-0.39, 0.29) is 18.3 Å². The highest BCUT2D eigenvalue weighted by Crippen LogP contribution is 2.24. The molecule has 0 bridgehead atoms. The summed E-state index contributed by atoms with van der Waals surface area (Å²) < 4.78 is 26.5. The molecule has 8 heteroatoms. The molecule has 6 nitrogen and oxygen atoms in total. The number of hydrogen-bond acceptors (Lipinski definition) is 5. The number of benzene rings is 2. The second-order valence-electron chi connectivity index (χ2n) is 8.14. The van der Waals surface area contributed by atoms with Gasteiger partial charge in [-0.15, -0.1) is 11.3 Å². The average molecular weight is 490 g/mol. The predicted molar refractivity (Wildman–Crippen MR) is 132 cm³/mol. The summed E-state index contributed by atoms with van der Waals surface area (Å²) in [6, 6.07) is 19.8. The van der Waals surface area contributed by atoms with E-state index in [0.717, 1.165) is 33.2 Å². The Bertz CT molecular complexity index is 1380. The summed E-state index contributed by atoms with van der Waals surface area (Å²) in [4.78, 5) is 20.3. The van der Waals surface area contributed by atoms with Crippen molar-refractivity contribution < 1.29 is 18.3 Å². The zero-order valence-electron chi connectivity index (χ0n) is 19.0. The van der Waals surface area contributed by atoms with Gasteiger partial charge < -0.3 is 14.1 Å². The molecule has 0 unspecified atom stereocenters. The molecule has 178 valence electrons. The number of imidazole rings is 1. The van der Waals surface area contributed by atoms with Gasteiger partial charge in [-0.1, -0.05) is 30.3 Å². The van der Waals surface area contributed by atoms with Crippen LogP contribution in [-0.4, -0.2) is 33.3 Å². The van der Waals surface area contributed by atoms with Crippen LogP contribution in [0, 0.1) is 5.82 Å². The van der Waals surface area contributed by atoms with E-state index in [4.69, 9.17) is 9.15 Å². The number of aromatic nitrogens is 2. The Morgan fingerprint density at radius 3 is 2.69 bits per heavy atom. The van der Waals surface area contributed by atoms with Gasteiger partial charge in [0.15, 0.2) is 4.96 Å². The van der Waals surface area contributed by atoms with Crippen LogP contribution in [0.1, 0.15) is 17.0 Å². The topological polar surface area (TPSA) is 60.0 Å². The van der Waals surface area contributed by atoms with Gasteiger partial charge in [0, 0.05) is 35.8 Å². The first kappa shape index (κ1) is 23.0. The number of ether oxygens (including phenoxy) is 1. The van der Waals surface area contributed by atoms with E-state index in [1.807, 2.05) is 53.1 Å². The third-order valence-corrected chi connectivity index (χ3v) is 6.57. The second kappa shape index (κ2) is 10.7. The molecule has 0 atom stereocenters. The summed E-state index contributed by atoms with van der Waals surface area (Å²) in [6.07, 6.45) is 4.20. The third kappa shape index (κ3) is 5.67. The van der Waals surface area contributed by atoms with Crippen molar-refractivity contribution in [2.24, 2.45) is 0 Å². The molecule has 3 aromatic heterocycles. The third-order valence-electron chi connectivity index (χ3n) is 5.68. The van der Waals surface area contributed by atoms with Gasteiger partial charge in [-0.2, -0.15) is 0 Å². The highest BCUT2D eigenvalue weighted by Gasteiger charge is 2.17. The summed E-state index contributed by atoms with van der Waals surface area (Å²) in [5, 5.41) is 2.05.